The molecule has 2 nitrogen and oxygen atoms in total. The van der Waals surface area contributed by atoms with Crippen LogP contribution in [0.3, 0.4) is 0 Å². The van der Waals surface area contributed by atoms with Gasteiger partial charge in [0.25, 0.3) is 0 Å². The molecule has 36 heavy (non-hydrogen) atoms. The molecule has 0 unspecified atom stereocenters. The maximum absolute atomic E-state index is 13.0. The standard InChI is InChI=1S/C33H28O2S/c1-2-35-33(34)31-19-17-26-13-8-9-15-30(26)32(31)28(22-24-10-4-3-5-11-24)20-21-36-29-18-16-25-12-6-7-14-27(25)23-29/h3-19,22-23H,2,20-21H2,1H3/b28-22-. The molecule has 0 radical (unpaired) electrons. The molecule has 0 bridgehead atoms. The quantitative estimate of drug-likeness (QED) is 0.124. The topological polar surface area (TPSA) is 26.3 Å². The van der Waals surface area contributed by atoms with Gasteiger partial charge in [-0.15, -0.1) is 11.8 Å². The average molecular weight is 489 g/mol. The minimum Gasteiger partial charge on any atom is -0.462 e. The van der Waals surface area contributed by atoms with Crippen LogP contribution in [0.25, 0.3) is 33.2 Å². The number of ether oxygens (including phenoxy) is 1. The monoisotopic (exact) mass is 488 g/mol. The Morgan fingerprint density at radius 2 is 1.47 bits per heavy atom. The number of hydrogen-bond donors (Lipinski definition) is 0. The molecule has 0 spiro atoms. The lowest BCUT2D eigenvalue weighted by atomic mass is 9.90. The molecule has 0 aliphatic rings. The number of benzene rings is 5. The summed E-state index contributed by atoms with van der Waals surface area (Å²) in [6, 6.07) is 37.6. The highest BCUT2D eigenvalue weighted by Crippen LogP contribution is 2.35. The Morgan fingerprint density at radius 3 is 2.28 bits per heavy atom. The Labute approximate surface area is 216 Å². The van der Waals surface area contributed by atoms with Crippen LogP contribution in [0.5, 0.6) is 0 Å². The van der Waals surface area contributed by atoms with E-state index in [-0.39, 0.29) is 5.97 Å². The minimum atomic E-state index is -0.278. The van der Waals surface area contributed by atoms with E-state index in [1.807, 2.05) is 61.2 Å². The van der Waals surface area contributed by atoms with Crippen LogP contribution >= 0.6 is 11.8 Å². The second-order valence-corrected chi connectivity index (χ2v) is 9.79. The van der Waals surface area contributed by atoms with Crippen LogP contribution in [0.4, 0.5) is 0 Å². The van der Waals surface area contributed by atoms with Crippen molar-refractivity contribution in [2.75, 3.05) is 12.4 Å². The van der Waals surface area contributed by atoms with Gasteiger partial charge >= 0.3 is 5.97 Å². The van der Waals surface area contributed by atoms with Crippen LogP contribution in [0, 0.1) is 0 Å². The summed E-state index contributed by atoms with van der Waals surface area (Å²) in [6.07, 6.45) is 3.03. The van der Waals surface area contributed by atoms with Crippen molar-refractivity contribution >= 4 is 50.9 Å². The number of fused-ring (bicyclic) bond motifs is 2. The molecule has 0 atom stereocenters. The minimum absolute atomic E-state index is 0.278. The molecule has 0 saturated heterocycles. The van der Waals surface area contributed by atoms with Crippen molar-refractivity contribution in [3.63, 3.8) is 0 Å². The SMILES string of the molecule is CCOC(=O)c1ccc2ccccc2c1/C(=C\c1ccccc1)CCSc1ccc2ccccc2c1. The number of esters is 1. The number of allylic oxidation sites excluding steroid dienone is 1. The van der Waals surface area contributed by atoms with Crippen LogP contribution in [0.1, 0.15) is 34.8 Å². The second-order valence-electron chi connectivity index (χ2n) is 8.62. The van der Waals surface area contributed by atoms with Gasteiger partial charge in [-0.05, 0) is 64.2 Å². The van der Waals surface area contributed by atoms with Crippen LogP contribution in [0.15, 0.2) is 114 Å². The summed E-state index contributed by atoms with van der Waals surface area (Å²) in [5, 5.41) is 4.69. The fraction of sp³-hybridized carbons (Fsp3) is 0.121. The lowest BCUT2D eigenvalue weighted by molar-refractivity contribution is 0.0526. The van der Waals surface area contributed by atoms with E-state index in [9.17, 15) is 4.79 Å². The highest BCUT2D eigenvalue weighted by atomic mass is 32.2. The number of carbonyl (C=O) groups excluding carboxylic acids is 1. The summed E-state index contributed by atoms with van der Waals surface area (Å²) >= 11 is 1.84. The second kappa shape index (κ2) is 11.3. The Kier molecular flexibility index (Phi) is 7.49. The summed E-state index contributed by atoms with van der Waals surface area (Å²) in [5.74, 6) is 0.613. The van der Waals surface area contributed by atoms with Gasteiger partial charge < -0.3 is 4.74 Å². The highest BCUT2D eigenvalue weighted by Gasteiger charge is 2.19. The first kappa shape index (κ1) is 23.9. The molecule has 5 rings (SSSR count). The number of hydrogen-bond acceptors (Lipinski definition) is 3. The first-order chi connectivity index (χ1) is 17.7. The largest absolute Gasteiger partial charge is 0.462 e. The van der Waals surface area contributed by atoms with E-state index in [4.69, 9.17) is 4.74 Å². The zero-order chi connectivity index (χ0) is 24.7. The summed E-state index contributed by atoms with van der Waals surface area (Å²) in [6.45, 7) is 2.19. The van der Waals surface area contributed by atoms with Crippen LogP contribution in [-0.2, 0) is 4.74 Å². The predicted molar refractivity (Wildman–Crippen MR) is 154 cm³/mol. The van der Waals surface area contributed by atoms with E-state index in [0.717, 1.165) is 39.6 Å². The van der Waals surface area contributed by atoms with Crippen molar-refractivity contribution in [1.29, 1.82) is 0 Å². The van der Waals surface area contributed by atoms with E-state index >= 15 is 0 Å². The molecular formula is C33H28O2S. The first-order valence-electron chi connectivity index (χ1n) is 12.3. The zero-order valence-electron chi connectivity index (χ0n) is 20.3. The van der Waals surface area contributed by atoms with Gasteiger partial charge in [0.2, 0.25) is 0 Å². The third-order valence-electron chi connectivity index (χ3n) is 6.25. The summed E-state index contributed by atoms with van der Waals surface area (Å²) in [4.78, 5) is 14.3. The van der Waals surface area contributed by atoms with Crippen molar-refractivity contribution in [1.82, 2.24) is 0 Å². The van der Waals surface area contributed by atoms with Crippen molar-refractivity contribution in [3.8, 4) is 0 Å². The van der Waals surface area contributed by atoms with Crippen LogP contribution in [0.2, 0.25) is 0 Å². The number of carbonyl (C=O) groups is 1. The fourth-order valence-corrected chi connectivity index (χ4v) is 5.48. The lowest BCUT2D eigenvalue weighted by Gasteiger charge is -2.16. The Hall–Kier alpha value is -3.82. The molecule has 5 aromatic rings. The van der Waals surface area contributed by atoms with Gasteiger partial charge in [0.15, 0.2) is 0 Å². The zero-order valence-corrected chi connectivity index (χ0v) is 21.1. The van der Waals surface area contributed by atoms with Gasteiger partial charge in [-0.25, -0.2) is 4.79 Å². The van der Waals surface area contributed by atoms with E-state index in [1.54, 1.807) is 0 Å². The van der Waals surface area contributed by atoms with Gasteiger partial charge in [-0.1, -0.05) is 97.1 Å². The normalized spacial score (nSPS) is 11.6. The van der Waals surface area contributed by atoms with Gasteiger partial charge in [0, 0.05) is 16.2 Å². The van der Waals surface area contributed by atoms with Gasteiger partial charge in [0.1, 0.15) is 0 Å². The molecule has 178 valence electrons. The fourth-order valence-electron chi connectivity index (χ4n) is 4.55. The van der Waals surface area contributed by atoms with E-state index in [1.165, 1.54) is 15.7 Å². The maximum Gasteiger partial charge on any atom is 0.338 e. The van der Waals surface area contributed by atoms with Gasteiger partial charge in [-0.3, -0.25) is 0 Å². The van der Waals surface area contributed by atoms with Crippen molar-refractivity contribution in [3.05, 3.63) is 126 Å². The number of thioether (sulfide) groups is 1. The predicted octanol–water partition coefficient (Wildman–Crippen LogP) is 8.89. The van der Waals surface area contributed by atoms with Crippen molar-refractivity contribution in [2.45, 2.75) is 18.2 Å². The average Bonchev–Trinajstić information content (AvgIpc) is 2.92. The molecule has 0 aliphatic carbocycles. The molecule has 3 heteroatoms. The van der Waals surface area contributed by atoms with Crippen LogP contribution in [-0.4, -0.2) is 18.3 Å². The molecular weight excluding hydrogens is 460 g/mol. The van der Waals surface area contributed by atoms with E-state index in [0.29, 0.717) is 12.2 Å². The van der Waals surface area contributed by atoms with Crippen molar-refractivity contribution < 1.29 is 9.53 Å². The molecule has 0 aliphatic heterocycles. The van der Waals surface area contributed by atoms with Crippen molar-refractivity contribution in [2.24, 2.45) is 0 Å². The summed E-state index contributed by atoms with van der Waals surface area (Å²) in [7, 11) is 0. The molecule has 0 heterocycles. The van der Waals surface area contributed by atoms with Gasteiger partial charge in [0.05, 0.1) is 12.2 Å². The van der Waals surface area contributed by atoms with E-state index < -0.39 is 0 Å². The lowest BCUT2D eigenvalue weighted by Crippen LogP contribution is -2.09. The third kappa shape index (κ3) is 5.37. The Bertz CT molecular complexity index is 1540. The first-order valence-corrected chi connectivity index (χ1v) is 13.3. The molecule has 0 amide bonds. The maximum atomic E-state index is 13.0. The Balaban J connectivity index is 1.53. The summed E-state index contributed by atoms with van der Waals surface area (Å²) < 4.78 is 5.46. The molecule has 0 fully saturated rings. The van der Waals surface area contributed by atoms with Gasteiger partial charge in [-0.2, -0.15) is 0 Å². The highest BCUT2D eigenvalue weighted by molar-refractivity contribution is 7.99. The molecule has 0 aromatic heterocycles. The molecule has 0 saturated carbocycles. The number of rotatable bonds is 8. The third-order valence-corrected chi connectivity index (χ3v) is 7.24. The summed E-state index contributed by atoms with van der Waals surface area (Å²) in [5.41, 5.74) is 3.84. The van der Waals surface area contributed by atoms with E-state index in [2.05, 4.69) is 72.8 Å². The molecule has 5 aromatic carbocycles. The Morgan fingerprint density at radius 1 is 0.778 bits per heavy atom. The van der Waals surface area contributed by atoms with Crippen LogP contribution < -0.4 is 0 Å². The molecule has 0 N–H and O–H groups in total. The smallest absolute Gasteiger partial charge is 0.338 e.